The third kappa shape index (κ3) is 3.34. The van der Waals surface area contributed by atoms with E-state index in [4.69, 9.17) is 4.74 Å². The first kappa shape index (κ1) is 13.5. The number of ether oxygens (including phenoxy) is 1. The number of alkyl halides is 1. The number of benzene rings is 1. The van der Waals surface area contributed by atoms with Crippen LogP contribution in [0.25, 0.3) is 0 Å². The Kier molecular flexibility index (Phi) is 4.16. The van der Waals surface area contributed by atoms with Gasteiger partial charge in [0.2, 0.25) is 0 Å². The first-order valence-electron chi connectivity index (χ1n) is 7.61. The van der Waals surface area contributed by atoms with Gasteiger partial charge in [-0.15, -0.1) is 0 Å². The van der Waals surface area contributed by atoms with Gasteiger partial charge in [0.15, 0.2) is 0 Å². The lowest BCUT2D eigenvalue weighted by Gasteiger charge is -2.20. The van der Waals surface area contributed by atoms with E-state index in [1.54, 1.807) is 0 Å². The van der Waals surface area contributed by atoms with Gasteiger partial charge in [0.1, 0.15) is 11.9 Å². The minimum Gasteiger partial charge on any atom is -0.490 e. The van der Waals surface area contributed by atoms with Crippen LogP contribution in [0.3, 0.4) is 0 Å². The maximum atomic E-state index is 6.13. The molecular formula is C17H23BrO. The van der Waals surface area contributed by atoms with Crippen molar-refractivity contribution in [1.29, 1.82) is 0 Å². The van der Waals surface area contributed by atoms with Crippen molar-refractivity contribution < 1.29 is 4.74 Å². The van der Waals surface area contributed by atoms with Crippen LogP contribution >= 0.6 is 15.9 Å². The molecule has 0 N–H and O–H groups in total. The van der Waals surface area contributed by atoms with Crippen molar-refractivity contribution in [2.24, 2.45) is 5.92 Å². The van der Waals surface area contributed by atoms with E-state index >= 15 is 0 Å². The molecule has 0 aromatic heterocycles. The quantitative estimate of drug-likeness (QED) is 0.548. The lowest BCUT2D eigenvalue weighted by Crippen LogP contribution is -2.19. The number of rotatable bonds is 2. The fourth-order valence-electron chi connectivity index (χ4n) is 3.56. The van der Waals surface area contributed by atoms with Crippen LogP contribution in [0.4, 0.5) is 0 Å². The molecule has 1 aliphatic carbocycles. The van der Waals surface area contributed by atoms with Crippen LogP contribution in [0.2, 0.25) is 0 Å². The second-order valence-electron chi connectivity index (χ2n) is 6.27. The molecule has 3 unspecified atom stereocenters. The average molecular weight is 323 g/mol. The highest BCUT2D eigenvalue weighted by Crippen LogP contribution is 2.36. The molecule has 1 nitrogen and oxygen atoms in total. The minimum atomic E-state index is 0.416. The maximum absolute atomic E-state index is 6.13. The fourth-order valence-corrected chi connectivity index (χ4v) is 4.42. The normalized spacial score (nSPS) is 30.5. The van der Waals surface area contributed by atoms with Gasteiger partial charge in [-0.05, 0) is 43.7 Å². The summed E-state index contributed by atoms with van der Waals surface area (Å²) in [6.07, 6.45) is 9.60. The largest absolute Gasteiger partial charge is 0.490 e. The standard InChI is InChI=1S/C17H23BrO/c1-12-6-7-17-14(8-12)11-16(19-17)10-13-4-2-3-5-15(18)9-13/h6-8,13,15-16H,2-5,9-11H2,1H3. The SMILES string of the molecule is Cc1ccc2c(c1)CC(CC1CCCCC(Br)C1)O2. The Hall–Kier alpha value is -0.500. The third-order valence-electron chi connectivity index (χ3n) is 4.52. The Morgan fingerprint density at radius 3 is 3.00 bits per heavy atom. The summed E-state index contributed by atoms with van der Waals surface area (Å²) in [6.45, 7) is 2.16. The summed E-state index contributed by atoms with van der Waals surface area (Å²) in [5.74, 6) is 1.96. The summed E-state index contributed by atoms with van der Waals surface area (Å²) in [7, 11) is 0. The molecule has 1 fully saturated rings. The average Bonchev–Trinajstić information content (AvgIpc) is 2.63. The molecule has 19 heavy (non-hydrogen) atoms. The van der Waals surface area contributed by atoms with E-state index in [1.165, 1.54) is 49.7 Å². The Morgan fingerprint density at radius 2 is 2.11 bits per heavy atom. The van der Waals surface area contributed by atoms with Crippen molar-refractivity contribution in [3.8, 4) is 5.75 Å². The molecule has 0 bridgehead atoms. The molecule has 1 saturated carbocycles. The Morgan fingerprint density at radius 1 is 1.26 bits per heavy atom. The van der Waals surface area contributed by atoms with E-state index in [-0.39, 0.29) is 0 Å². The topological polar surface area (TPSA) is 9.23 Å². The molecule has 1 aromatic carbocycles. The van der Waals surface area contributed by atoms with Gasteiger partial charge in [-0.2, -0.15) is 0 Å². The molecule has 0 saturated heterocycles. The number of hydrogen-bond acceptors (Lipinski definition) is 1. The summed E-state index contributed by atoms with van der Waals surface area (Å²) in [6, 6.07) is 6.59. The predicted octanol–water partition coefficient (Wildman–Crippen LogP) is 5.03. The number of aryl methyl sites for hydroxylation is 1. The van der Waals surface area contributed by atoms with E-state index in [2.05, 4.69) is 41.1 Å². The highest BCUT2D eigenvalue weighted by atomic mass is 79.9. The van der Waals surface area contributed by atoms with Crippen molar-refractivity contribution in [2.45, 2.75) is 62.8 Å². The highest BCUT2D eigenvalue weighted by molar-refractivity contribution is 9.09. The Labute approximate surface area is 124 Å². The first-order valence-corrected chi connectivity index (χ1v) is 8.52. The van der Waals surface area contributed by atoms with Crippen LogP contribution in [-0.2, 0) is 6.42 Å². The van der Waals surface area contributed by atoms with Crippen molar-refractivity contribution >= 4 is 15.9 Å². The molecule has 1 aromatic rings. The summed E-state index contributed by atoms with van der Waals surface area (Å²) >= 11 is 3.83. The smallest absolute Gasteiger partial charge is 0.123 e. The monoisotopic (exact) mass is 322 g/mol. The molecule has 1 aliphatic heterocycles. The number of hydrogen-bond donors (Lipinski definition) is 0. The van der Waals surface area contributed by atoms with Gasteiger partial charge in [-0.3, -0.25) is 0 Å². The van der Waals surface area contributed by atoms with Crippen LogP contribution < -0.4 is 4.74 Å². The molecular weight excluding hydrogens is 300 g/mol. The molecule has 0 spiro atoms. The summed E-state index contributed by atoms with van der Waals surface area (Å²) in [5.41, 5.74) is 2.76. The van der Waals surface area contributed by atoms with Crippen LogP contribution in [0.1, 0.15) is 49.7 Å². The van der Waals surface area contributed by atoms with Crippen LogP contribution in [0, 0.1) is 12.8 Å². The van der Waals surface area contributed by atoms with Crippen LogP contribution in [-0.4, -0.2) is 10.9 Å². The second-order valence-corrected chi connectivity index (χ2v) is 7.57. The third-order valence-corrected chi connectivity index (χ3v) is 5.35. The van der Waals surface area contributed by atoms with Crippen molar-refractivity contribution in [3.05, 3.63) is 29.3 Å². The van der Waals surface area contributed by atoms with Crippen LogP contribution in [0.15, 0.2) is 18.2 Å². The molecule has 2 aliphatic rings. The van der Waals surface area contributed by atoms with Gasteiger partial charge in [-0.1, -0.05) is 52.9 Å². The van der Waals surface area contributed by atoms with Gasteiger partial charge in [-0.25, -0.2) is 0 Å². The second kappa shape index (κ2) is 5.87. The highest BCUT2D eigenvalue weighted by Gasteiger charge is 2.27. The maximum Gasteiger partial charge on any atom is 0.123 e. The minimum absolute atomic E-state index is 0.416. The van der Waals surface area contributed by atoms with Gasteiger partial charge in [0.05, 0.1) is 0 Å². The Balaban J connectivity index is 1.60. The van der Waals surface area contributed by atoms with Crippen molar-refractivity contribution in [3.63, 3.8) is 0 Å². The van der Waals surface area contributed by atoms with Crippen LogP contribution in [0.5, 0.6) is 5.75 Å². The summed E-state index contributed by atoms with van der Waals surface area (Å²) < 4.78 is 6.13. The molecule has 2 heteroatoms. The summed E-state index contributed by atoms with van der Waals surface area (Å²) in [4.78, 5) is 0.728. The van der Waals surface area contributed by atoms with Crippen molar-refractivity contribution in [1.82, 2.24) is 0 Å². The van der Waals surface area contributed by atoms with Gasteiger partial charge >= 0.3 is 0 Å². The van der Waals surface area contributed by atoms with E-state index in [0.29, 0.717) is 6.10 Å². The van der Waals surface area contributed by atoms with E-state index in [1.807, 2.05) is 0 Å². The first-order chi connectivity index (χ1) is 9.20. The molecule has 0 amide bonds. The zero-order valence-electron chi connectivity index (χ0n) is 11.7. The molecule has 3 rings (SSSR count). The van der Waals surface area contributed by atoms with Gasteiger partial charge in [0, 0.05) is 11.2 Å². The molecule has 0 radical (unpaired) electrons. The molecule has 104 valence electrons. The Bertz CT molecular complexity index is 443. The zero-order chi connectivity index (χ0) is 13.2. The summed E-state index contributed by atoms with van der Waals surface area (Å²) in [5, 5.41) is 0. The predicted molar refractivity (Wildman–Crippen MR) is 83.2 cm³/mol. The van der Waals surface area contributed by atoms with E-state index < -0.39 is 0 Å². The van der Waals surface area contributed by atoms with Gasteiger partial charge < -0.3 is 4.74 Å². The lowest BCUT2D eigenvalue weighted by molar-refractivity contribution is 0.187. The van der Waals surface area contributed by atoms with Crippen molar-refractivity contribution in [2.75, 3.05) is 0 Å². The van der Waals surface area contributed by atoms with E-state index in [0.717, 1.165) is 22.9 Å². The zero-order valence-corrected chi connectivity index (χ0v) is 13.3. The lowest BCUT2D eigenvalue weighted by atomic mass is 9.92. The number of halogens is 1. The molecule has 3 atom stereocenters. The fraction of sp³-hybridized carbons (Fsp3) is 0.647. The number of fused-ring (bicyclic) bond motifs is 1. The molecule has 1 heterocycles. The van der Waals surface area contributed by atoms with E-state index in [9.17, 15) is 0 Å². The van der Waals surface area contributed by atoms with Gasteiger partial charge in [0.25, 0.3) is 0 Å².